The van der Waals surface area contributed by atoms with Crippen LogP contribution in [0.4, 0.5) is 0 Å². The van der Waals surface area contributed by atoms with Crippen LogP contribution in [0.3, 0.4) is 0 Å². The molecule has 1 rings (SSSR count). The van der Waals surface area contributed by atoms with Gasteiger partial charge >= 0.3 is 0 Å². The van der Waals surface area contributed by atoms with Crippen molar-refractivity contribution in [3.8, 4) is 0 Å². The predicted molar refractivity (Wildman–Crippen MR) is 90.5 cm³/mol. The van der Waals surface area contributed by atoms with Gasteiger partial charge in [0, 0.05) is 0 Å². The molecule has 0 saturated heterocycles. The lowest BCUT2D eigenvalue weighted by atomic mass is 10.0. The van der Waals surface area contributed by atoms with E-state index in [1.54, 1.807) is 12.1 Å². The molecule has 0 aliphatic rings. The Morgan fingerprint density at radius 1 is 0.818 bits per heavy atom. The van der Waals surface area contributed by atoms with Crippen LogP contribution in [-0.2, 0) is 9.59 Å². The first-order valence-electron chi connectivity index (χ1n) is 6.49. The monoisotopic (exact) mass is 384 g/mol. The predicted octanol–water partition coefficient (Wildman–Crippen LogP) is 3.65. The third-order valence-electron chi connectivity index (χ3n) is 2.91. The topological polar surface area (TPSA) is 58.2 Å². The molecule has 0 aliphatic heterocycles. The van der Waals surface area contributed by atoms with Gasteiger partial charge in [-0.3, -0.25) is 9.59 Å². The lowest BCUT2D eigenvalue weighted by Crippen LogP contribution is -2.44. The molecule has 0 saturated carbocycles. The molecular weight excluding hydrogens is 370 g/mol. The van der Waals surface area contributed by atoms with E-state index in [0.717, 1.165) is 5.56 Å². The molecule has 8 heteroatoms. The van der Waals surface area contributed by atoms with Gasteiger partial charge in [-0.1, -0.05) is 84.5 Å². The number of carbonyl (C=O) groups is 2. The fourth-order valence-electron chi connectivity index (χ4n) is 1.69. The van der Waals surface area contributed by atoms with Crippen LogP contribution < -0.4 is 10.6 Å². The summed E-state index contributed by atoms with van der Waals surface area (Å²) >= 11 is 22.1. The molecule has 2 N–H and O–H groups in total. The van der Waals surface area contributed by atoms with Crippen molar-refractivity contribution in [3.63, 3.8) is 0 Å². The Kier molecular flexibility index (Phi) is 7.77. The van der Waals surface area contributed by atoms with E-state index in [-0.39, 0.29) is 0 Å². The van der Waals surface area contributed by atoms with E-state index in [4.69, 9.17) is 46.4 Å². The van der Waals surface area contributed by atoms with Crippen molar-refractivity contribution in [1.82, 2.24) is 10.6 Å². The molecule has 1 aromatic rings. The Morgan fingerprint density at radius 2 is 1.18 bits per heavy atom. The maximum Gasteiger partial charge on any atom is 0.255 e. The van der Waals surface area contributed by atoms with Crippen molar-refractivity contribution in [2.24, 2.45) is 0 Å². The number of carbonyl (C=O) groups excluding carboxylic acids is 2. The summed E-state index contributed by atoms with van der Waals surface area (Å²) in [4.78, 5) is 20.8. The zero-order valence-corrected chi connectivity index (χ0v) is 15.0. The van der Waals surface area contributed by atoms with Crippen molar-refractivity contribution in [3.05, 3.63) is 35.4 Å². The minimum absolute atomic E-state index is 0.363. The van der Waals surface area contributed by atoms with E-state index in [0.29, 0.717) is 11.5 Å². The molecule has 0 bridgehead atoms. The molecule has 122 valence electrons. The third-order valence-corrected chi connectivity index (χ3v) is 3.70. The number of benzene rings is 1. The molecule has 0 fully saturated rings. The standard InChI is InChI=1S/C14H16Cl4N2O2/c1-7(2)8-3-5-9(6-4-8)12(19-13(21)10(15)16)20-14(22)11(17)18/h3-7,10-12H,1-2H3,(H,19,21)(H,20,22). The van der Waals surface area contributed by atoms with E-state index in [1.165, 1.54) is 0 Å². The summed E-state index contributed by atoms with van der Waals surface area (Å²) in [5.74, 6) is -0.911. The number of amides is 2. The van der Waals surface area contributed by atoms with Gasteiger partial charge in [-0.05, 0) is 17.0 Å². The zero-order valence-electron chi connectivity index (χ0n) is 11.9. The first-order valence-corrected chi connectivity index (χ1v) is 8.23. The Labute approximate surface area is 149 Å². The fraction of sp³-hybridized carbons (Fsp3) is 0.429. The molecule has 0 heterocycles. The van der Waals surface area contributed by atoms with Crippen LogP contribution in [0.1, 0.15) is 37.1 Å². The second kappa shape index (κ2) is 8.82. The summed E-state index contributed by atoms with van der Waals surface area (Å²) in [6.45, 7) is 4.13. The molecule has 1 aromatic carbocycles. The Morgan fingerprint density at radius 3 is 1.50 bits per heavy atom. The molecule has 0 atom stereocenters. The smallest absolute Gasteiger partial charge is 0.255 e. The second-order valence-electron chi connectivity index (χ2n) is 4.87. The van der Waals surface area contributed by atoms with E-state index in [2.05, 4.69) is 24.5 Å². The van der Waals surface area contributed by atoms with Crippen LogP contribution in [0.2, 0.25) is 0 Å². The van der Waals surface area contributed by atoms with Gasteiger partial charge in [-0.2, -0.15) is 0 Å². The minimum Gasteiger partial charge on any atom is -0.330 e. The molecule has 0 aliphatic carbocycles. The van der Waals surface area contributed by atoms with Crippen LogP contribution in [0, 0.1) is 0 Å². The molecule has 0 spiro atoms. The number of rotatable bonds is 6. The van der Waals surface area contributed by atoms with Gasteiger partial charge in [0.05, 0.1) is 0 Å². The minimum atomic E-state index is -1.25. The van der Waals surface area contributed by atoms with Gasteiger partial charge in [-0.25, -0.2) is 0 Å². The summed E-state index contributed by atoms with van der Waals surface area (Å²) in [6.07, 6.45) is -0.832. The SMILES string of the molecule is CC(C)c1ccc(C(NC(=O)C(Cl)Cl)NC(=O)C(Cl)Cl)cc1. The molecule has 22 heavy (non-hydrogen) atoms. The summed E-state index contributed by atoms with van der Waals surface area (Å²) in [5, 5.41) is 5.03. The lowest BCUT2D eigenvalue weighted by molar-refractivity contribution is -0.122. The Hall–Kier alpha value is -0.680. The zero-order chi connectivity index (χ0) is 16.9. The Bertz CT molecular complexity index is 496. The van der Waals surface area contributed by atoms with Crippen molar-refractivity contribution in [1.29, 1.82) is 0 Å². The maximum absolute atomic E-state index is 11.7. The average molecular weight is 386 g/mol. The van der Waals surface area contributed by atoms with Crippen molar-refractivity contribution in [2.45, 2.75) is 35.6 Å². The molecule has 0 aromatic heterocycles. The molecule has 0 unspecified atom stereocenters. The van der Waals surface area contributed by atoms with Crippen LogP contribution in [0.25, 0.3) is 0 Å². The Balaban J connectivity index is 2.97. The van der Waals surface area contributed by atoms with Gasteiger partial charge in [0.2, 0.25) is 0 Å². The first kappa shape index (κ1) is 19.4. The number of nitrogens with one attached hydrogen (secondary N) is 2. The fourth-order valence-corrected chi connectivity index (χ4v) is 1.94. The maximum atomic E-state index is 11.7. The largest absolute Gasteiger partial charge is 0.330 e. The van der Waals surface area contributed by atoms with Gasteiger partial charge < -0.3 is 10.6 Å². The van der Waals surface area contributed by atoms with Gasteiger partial charge in [-0.15, -0.1) is 0 Å². The quantitative estimate of drug-likeness (QED) is 0.580. The van der Waals surface area contributed by atoms with Crippen LogP contribution in [-0.4, -0.2) is 21.5 Å². The number of halogens is 4. The summed E-state index contributed by atoms with van der Waals surface area (Å²) < 4.78 is 0. The molecule has 2 amide bonds. The lowest BCUT2D eigenvalue weighted by Gasteiger charge is -2.22. The van der Waals surface area contributed by atoms with E-state index in [1.807, 2.05) is 12.1 Å². The highest BCUT2D eigenvalue weighted by atomic mass is 35.5. The average Bonchev–Trinajstić information content (AvgIpc) is 2.46. The van der Waals surface area contributed by atoms with E-state index >= 15 is 0 Å². The second-order valence-corrected chi connectivity index (χ2v) is 7.07. The number of hydrogen-bond donors (Lipinski definition) is 2. The summed E-state index contributed by atoms with van der Waals surface area (Å²) in [6, 6.07) is 7.39. The highest BCUT2D eigenvalue weighted by Gasteiger charge is 2.22. The summed E-state index contributed by atoms with van der Waals surface area (Å²) in [7, 11) is 0. The van der Waals surface area contributed by atoms with Crippen molar-refractivity contribution >= 4 is 58.2 Å². The van der Waals surface area contributed by atoms with Gasteiger partial charge in [0.1, 0.15) is 6.17 Å². The van der Waals surface area contributed by atoms with Gasteiger partial charge in [0.15, 0.2) is 9.67 Å². The first-order chi connectivity index (χ1) is 10.2. The normalized spacial score (nSPS) is 11.4. The van der Waals surface area contributed by atoms with E-state index < -0.39 is 27.7 Å². The number of alkyl halides is 4. The highest BCUT2D eigenvalue weighted by molar-refractivity contribution is 6.54. The molecular formula is C14H16Cl4N2O2. The van der Waals surface area contributed by atoms with Gasteiger partial charge in [0.25, 0.3) is 11.8 Å². The van der Waals surface area contributed by atoms with Crippen LogP contribution in [0.15, 0.2) is 24.3 Å². The van der Waals surface area contributed by atoms with Crippen molar-refractivity contribution in [2.75, 3.05) is 0 Å². The van der Waals surface area contributed by atoms with Crippen molar-refractivity contribution < 1.29 is 9.59 Å². The third kappa shape index (κ3) is 5.84. The van der Waals surface area contributed by atoms with Crippen LogP contribution in [0.5, 0.6) is 0 Å². The molecule has 0 radical (unpaired) electrons. The highest BCUT2D eigenvalue weighted by Crippen LogP contribution is 2.19. The van der Waals surface area contributed by atoms with E-state index in [9.17, 15) is 9.59 Å². The van der Waals surface area contributed by atoms with Crippen LogP contribution >= 0.6 is 46.4 Å². The summed E-state index contributed by atoms with van der Waals surface area (Å²) in [5.41, 5.74) is 1.77. The number of hydrogen-bond acceptors (Lipinski definition) is 2. The molecule has 4 nitrogen and oxygen atoms in total.